The summed E-state index contributed by atoms with van der Waals surface area (Å²) in [7, 11) is 0. The van der Waals surface area contributed by atoms with Crippen molar-refractivity contribution in [2.45, 2.75) is 170 Å². The van der Waals surface area contributed by atoms with Crippen molar-refractivity contribution in [2.24, 2.45) is 110 Å². The highest BCUT2D eigenvalue weighted by Gasteiger charge is 2.36. The van der Waals surface area contributed by atoms with Crippen LogP contribution in [0.5, 0.6) is 0 Å². The van der Waals surface area contributed by atoms with Gasteiger partial charge in [0, 0.05) is 77.4 Å². The second-order valence-corrected chi connectivity index (χ2v) is 23.4. The van der Waals surface area contributed by atoms with Gasteiger partial charge < -0.3 is 138 Å². The average molecular weight is 1450 g/mol. The van der Waals surface area contributed by atoms with Gasteiger partial charge in [-0.3, -0.25) is 92.3 Å². The standard InChI is InChI=1S/C56H105N31O13S/c1-29-43(93)81-32(11-5-21-74-53(63)64)48(98)85-36(14-8-24-77-56(69)70)50(100)87(26-25-71-39(89)15-2-16-40(90)79-30(9-3-19-72-51(59)60)45(95)84-35(44(94)78-29)17-18-38(57)88)27-41(91)80-31(10-4-20-73-52(61)62)46(96)82-33(12-6-22-75-54(65)66)47(97)83-34(13-7-23-76-55(67)68)49(99)86-37(28-101)42(58)92/h29-37,101H,2-28H2,1H3,(H2,57,88)(H2,58,92)(H,71,89)(H,78,94)(H,79,90)(H,80,91)(H,81,93)(H,82,96)(H,83,97)(H,84,95)(H,85,98)(H,86,99)(H4,59,60,72)(H4,61,62,73)(H4,63,64,74)(H4,65,66,75)(H4,67,68,76)(H4,69,70,77)/t29-,30-,31-,32-,33-,34-,35-,36-,37-/m0/s1. The Kier molecular flexibility index (Phi) is 42.5. The van der Waals surface area contributed by atoms with Crippen LogP contribution in [-0.4, -0.2) is 236 Å². The number of hydrogen-bond donors (Lipinski definition) is 25. The minimum Gasteiger partial charge on any atom is -0.370 e. The van der Waals surface area contributed by atoms with E-state index < -0.39 is 151 Å². The number of nitrogens with two attached hydrogens (primary N) is 14. The number of amides is 13. The first-order valence-electron chi connectivity index (χ1n) is 32.4. The molecule has 0 bridgehead atoms. The molecule has 0 aromatic carbocycles. The number of rotatable bonds is 38. The Bertz CT molecular complexity index is 2960. The van der Waals surface area contributed by atoms with Crippen molar-refractivity contribution in [1.82, 2.24) is 58.1 Å². The number of hydrogen-bond acceptors (Lipinski definition) is 20. The topological polar surface area (TPSA) is 784 Å². The van der Waals surface area contributed by atoms with Crippen molar-refractivity contribution in [3.05, 3.63) is 0 Å². The monoisotopic (exact) mass is 1450 g/mol. The fraction of sp³-hybridized carbons (Fsp3) is 0.661. The van der Waals surface area contributed by atoms with E-state index in [2.05, 4.69) is 95.8 Å². The number of guanidine groups is 6. The molecule has 1 fully saturated rings. The Balaban J connectivity index is 4.14. The third-order valence-corrected chi connectivity index (χ3v) is 14.9. The maximum absolute atomic E-state index is 15.2. The van der Waals surface area contributed by atoms with E-state index in [0.717, 1.165) is 4.90 Å². The molecule has 1 rings (SSSR count). The normalized spacial score (nSPS) is 18.6. The second kappa shape index (κ2) is 48.7. The molecule has 0 radical (unpaired) electrons. The molecule has 1 aliphatic rings. The highest BCUT2D eigenvalue weighted by Crippen LogP contribution is 2.12. The van der Waals surface area contributed by atoms with Crippen LogP contribution in [0.15, 0.2) is 30.0 Å². The molecule has 1 heterocycles. The molecule has 0 aliphatic carbocycles. The van der Waals surface area contributed by atoms with E-state index in [1.165, 1.54) is 6.92 Å². The van der Waals surface area contributed by atoms with E-state index in [0.29, 0.717) is 0 Å². The maximum atomic E-state index is 15.2. The minimum atomic E-state index is -1.60. The Hall–Kier alpha value is -10.9. The van der Waals surface area contributed by atoms with Crippen LogP contribution in [0.1, 0.15) is 116 Å². The quantitative estimate of drug-likeness (QED) is 0.0118. The van der Waals surface area contributed by atoms with E-state index in [-0.39, 0.29) is 190 Å². The lowest BCUT2D eigenvalue weighted by atomic mass is 10.0. The molecule has 0 saturated carbocycles. The lowest BCUT2D eigenvalue weighted by Crippen LogP contribution is -2.59. The lowest BCUT2D eigenvalue weighted by molar-refractivity contribution is -0.141. The van der Waals surface area contributed by atoms with Gasteiger partial charge in [-0.15, -0.1) is 0 Å². The van der Waals surface area contributed by atoms with Crippen LogP contribution in [0, 0.1) is 0 Å². The molecular formula is C56H105N31O13S. The van der Waals surface area contributed by atoms with Crippen molar-refractivity contribution in [3.8, 4) is 0 Å². The highest BCUT2D eigenvalue weighted by molar-refractivity contribution is 7.80. The molecule has 568 valence electrons. The SMILES string of the molecule is C[C@@H]1NC(=O)[C@H](CCC(N)=O)NC(=O)[C@H](CCCN=C(N)N)NC(=O)CCCC(=O)NCCN(CC(=O)N[C@@H](CCCN=C(N)N)C(=O)N[C@@H](CCCN=C(N)N)C(=O)N[C@@H](CCCN=C(N)N)C(=O)N[C@@H](CS)C(N)=O)C(=O)[C@H](CCCN=C(N)N)NC(=O)[C@H](CCCN=C(N)N)NC1=O. The molecule has 0 spiro atoms. The molecule has 1 aliphatic heterocycles. The molecule has 13 amide bonds. The molecule has 45 heteroatoms. The Morgan fingerprint density at radius 1 is 0.455 bits per heavy atom. The zero-order valence-electron chi connectivity index (χ0n) is 56.8. The minimum absolute atomic E-state index is 0.00493. The maximum Gasteiger partial charge on any atom is 0.245 e. The molecule has 44 nitrogen and oxygen atoms in total. The van der Waals surface area contributed by atoms with Gasteiger partial charge in [-0.25, -0.2) is 0 Å². The first-order valence-corrected chi connectivity index (χ1v) is 33.0. The largest absolute Gasteiger partial charge is 0.370 e. The van der Waals surface area contributed by atoms with Gasteiger partial charge in [0.05, 0.1) is 6.54 Å². The van der Waals surface area contributed by atoms with Crippen molar-refractivity contribution >= 4 is 125 Å². The van der Waals surface area contributed by atoms with E-state index in [4.69, 9.17) is 80.3 Å². The molecule has 101 heavy (non-hydrogen) atoms. The van der Waals surface area contributed by atoms with Gasteiger partial charge in [-0.2, -0.15) is 12.6 Å². The van der Waals surface area contributed by atoms with Crippen molar-refractivity contribution in [1.29, 1.82) is 0 Å². The number of carbonyl (C=O) groups is 13. The van der Waals surface area contributed by atoms with Gasteiger partial charge in [-0.05, 0) is 96.8 Å². The van der Waals surface area contributed by atoms with Gasteiger partial charge in [-0.1, -0.05) is 0 Å². The van der Waals surface area contributed by atoms with E-state index >= 15 is 4.79 Å². The lowest BCUT2D eigenvalue weighted by Gasteiger charge is -2.30. The summed E-state index contributed by atoms with van der Waals surface area (Å²) in [4.78, 5) is 205. The fourth-order valence-electron chi connectivity index (χ4n) is 9.42. The summed E-state index contributed by atoms with van der Waals surface area (Å²) in [5, 5.41) is 25.5. The molecule has 0 aromatic heterocycles. The zero-order valence-corrected chi connectivity index (χ0v) is 57.7. The smallest absolute Gasteiger partial charge is 0.245 e. The van der Waals surface area contributed by atoms with Gasteiger partial charge >= 0.3 is 0 Å². The van der Waals surface area contributed by atoms with Crippen LogP contribution in [0.4, 0.5) is 0 Å². The number of primary amides is 2. The molecular weight excluding hydrogens is 1350 g/mol. The average Bonchev–Trinajstić information content (AvgIpc) is 0.863. The van der Waals surface area contributed by atoms with Crippen LogP contribution in [-0.2, 0) is 62.3 Å². The number of carbonyl (C=O) groups excluding carboxylic acids is 13. The predicted octanol–water partition coefficient (Wildman–Crippen LogP) is -12.5. The Morgan fingerprint density at radius 2 is 0.812 bits per heavy atom. The van der Waals surface area contributed by atoms with Gasteiger partial charge in [0.25, 0.3) is 0 Å². The molecule has 38 N–H and O–H groups in total. The summed E-state index contributed by atoms with van der Waals surface area (Å²) in [6, 6.07) is -13.3. The van der Waals surface area contributed by atoms with Crippen LogP contribution < -0.4 is 133 Å². The van der Waals surface area contributed by atoms with E-state index in [1.807, 2.05) is 0 Å². The number of nitrogens with zero attached hydrogens (tertiary/aromatic N) is 7. The van der Waals surface area contributed by atoms with Gasteiger partial charge in [0.15, 0.2) is 35.8 Å². The van der Waals surface area contributed by atoms with Crippen molar-refractivity contribution < 1.29 is 62.3 Å². The molecule has 0 unspecified atom stereocenters. The van der Waals surface area contributed by atoms with Crippen LogP contribution >= 0.6 is 12.6 Å². The third kappa shape index (κ3) is 39.9. The molecule has 9 atom stereocenters. The number of nitrogens with one attached hydrogen (secondary N) is 10. The summed E-state index contributed by atoms with van der Waals surface area (Å²) >= 11 is 4.08. The third-order valence-electron chi connectivity index (χ3n) is 14.6. The first kappa shape index (κ1) is 88.1. The summed E-state index contributed by atoms with van der Waals surface area (Å²) in [6.07, 6.45) is -2.35. The highest BCUT2D eigenvalue weighted by atomic mass is 32.1. The summed E-state index contributed by atoms with van der Waals surface area (Å²) in [5.74, 6) is -13.8. The zero-order chi connectivity index (χ0) is 76.1. The summed E-state index contributed by atoms with van der Waals surface area (Å²) < 4.78 is 0. The van der Waals surface area contributed by atoms with Crippen molar-refractivity contribution in [3.63, 3.8) is 0 Å². The Morgan fingerprint density at radius 3 is 1.23 bits per heavy atom. The molecule has 0 aromatic rings. The van der Waals surface area contributed by atoms with Crippen LogP contribution in [0.3, 0.4) is 0 Å². The summed E-state index contributed by atoms with van der Waals surface area (Å²) in [5.41, 5.74) is 77.3. The second-order valence-electron chi connectivity index (χ2n) is 23.1. The summed E-state index contributed by atoms with van der Waals surface area (Å²) in [6.45, 7) is -0.826. The Labute approximate surface area is 588 Å². The number of aliphatic imine (C=N–C) groups is 6. The molecule has 1 saturated heterocycles. The van der Waals surface area contributed by atoms with Crippen molar-refractivity contribution in [2.75, 3.05) is 64.7 Å². The number of thiol groups is 1. The van der Waals surface area contributed by atoms with Gasteiger partial charge in [0.1, 0.15) is 54.4 Å². The van der Waals surface area contributed by atoms with Crippen LogP contribution in [0.2, 0.25) is 0 Å². The van der Waals surface area contributed by atoms with E-state index in [1.54, 1.807) is 0 Å². The van der Waals surface area contributed by atoms with E-state index in [9.17, 15) is 57.5 Å². The fourth-order valence-corrected chi connectivity index (χ4v) is 9.69. The first-order chi connectivity index (χ1) is 47.6. The predicted molar refractivity (Wildman–Crippen MR) is 377 cm³/mol. The van der Waals surface area contributed by atoms with Crippen LogP contribution in [0.25, 0.3) is 0 Å². The van der Waals surface area contributed by atoms with Gasteiger partial charge in [0.2, 0.25) is 76.8 Å².